The molecule has 0 saturated heterocycles. The summed E-state index contributed by atoms with van der Waals surface area (Å²) in [5.41, 5.74) is 0. The van der Waals surface area contributed by atoms with E-state index in [-0.39, 0.29) is 18.1 Å². The lowest BCUT2D eigenvalue weighted by Gasteiger charge is -2.13. The molecule has 0 aromatic carbocycles. The lowest BCUT2D eigenvalue weighted by Crippen LogP contribution is -2.13. The smallest absolute Gasteiger partial charge is 0.303 e. The van der Waals surface area contributed by atoms with Crippen molar-refractivity contribution in [3.05, 3.63) is 0 Å². The Hall–Kier alpha value is -0.860. The van der Waals surface area contributed by atoms with E-state index in [1.54, 1.807) is 0 Å². The summed E-state index contributed by atoms with van der Waals surface area (Å²) in [7, 11) is 0. The monoisotopic (exact) mass is 282 g/mol. The van der Waals surface area contributed by atoms with Crippen molar-refractivity contribution >= 4 is 11.8 Å². The Kier molecular flexibility index (Phi) is 9.35. The summed E-state index contributed by atoms with van der Waals surface area (Å²) in [4.78, 5) is 22.8. The van der Waals surface area contributed by atoms with E-state index >= 15 is 0 Å². The molecule has 1 atom stereocenters. The van der Waals surface area contributed by atoms with Gasteiger partial charge < -0.3 is 5.11 Å². The Labute approximate surface area is 123 Å². The highest BCUT2D eigenvalue weighted by Gasteiger charge is 2.17. The van der Waals surface area contributed by atoms with Gasteiger partial charge in [-0.25, -0.2) is 0 Å². The first-order valence-corrected chi connectivity index (χ1v) is 8.42. The molecule has 0 aromatic heterocycles. The third-order valence-corrected chi connectivity index (χ3v) is 4.30. The Morgan fingerprint density at radius 1 is 0.900 bits per heavy atom. The van der Waals surface area contributed by atoms with E-state index in [0.717, 1.165) is 25.7 Å². The van der Waals surface area contributed by atoms with Crippen molar-refractivity contribution in [2.75, 3.05) is 0 Å². The molecule has 20 heavy (non-hydrogen) atoms. The number of hydrogen-bond donors (Lipinski definition) is 1. The summed E-state index contributed by atoms with van der Waals surface area (Å²) in [6.07, 6.45) is 14.3. The van der Waals surface area contributed by atoms with Crippen molar-refractivity contribution in [3.8, 4) is 0 Å². The SMILES string of the molecule is O=C(O)C[C@H]1CCCCCCCCCCCCC(=O)C1. The second-order valence-electron chi connectivity index (χ2n) is 6.28. The van der Waals surface area contributed by atoms with E-state index in [4.69, 9.17) is 5.11 Å². The number of hydrogen-bond acceptors (Lipinski definition) is 2. The number of carbonyl (C=O) groups is 2. The summed E-state index contributed by atoms with van der Waals surface area (Å²) in [5.74, 6) is -0.433. The summed E-state index contributed by atoms with van der Waals surface area (Å²) >= 11 is 0. The molecule has 1 saturated carbocycles. The van der Waals surface area contributed by atoms with Crippen LogP contribution < -0.4 is 0 Å². The van der Waals surface area contributed by atoms with Crippen molar-refractivity contribution < 1.29 is 14.7 Å². The highest BCUT2D eigenvalue weighted by atomic mass is 16.4. The van der Waals surface area contributed by atoms with Gasteiger partial charge in [-0.1, -0.05) is 57.8 Å². The normalized spacial score (nSPS) is 24.6. The van der Waals surface area contributed by atoms with Crippen LogP contribution in [0, 0.1) is 5.92 Å². The van der Waals surface area contributed by atoms with Crippen LogP contribution in [0.25, 0.3) is 0 Å². The van der Waals surface area contributed by atoms with Gasteiger partial charge >= 0.3 is 5.97 Å². The second-order valence-corrected chi connectivity index (χ2v) is 6.28. The zero-order valence-corrected chi connectivity index (χ0v) is 12.7. The molecule has 0 radical (unpaired) electrons. The topological polar surface area (TPSA) is 54.4 Å². The first kappa shape index (κ1) is 17.2. The summed E-state index contributed by atoms with van der Waals surface area (Å²) in [5, 5.41) is 8.95. The van der Waals surface area contributed by atoms with Crippen molar-refractivity contribution in [2.24, 2.45) is 5.92 Å². The minimum Gasteiger partial charge on any atom is -0.481 e. The zero-order chi connectivity index (χ0) is 14.6. The predicted molar refractivity (Wildman–Crippen MR) is 80.8 cm³/mol. The van der Waals surface area contributed by atoms with Gasteiger partial charge in [0.15, 0.2) is 0 Å². The van der Waals surface area contributed by atoms with E-state index in [0.29, 0.717) is 12.8 Å². The maximum absolute atomic E-state index is 11.9. The van der Waals surface area contributed by atoms with Crippen LogP contribution >= 0.6 is 0 Å². The molecule has 0 unspecified atom stereocenters. The van der Waals surface area contributed by atoms with Crippen LogP contribution in [-0.4, -0.2) is 16.9 Å². The standard InChI is InChI=1S/C17H30O3/c18-16-12-10-8-6-4-2-1-3-5-7-9-11-15(13-16)14-17(19)20/h15H,1-14H2,(H,19,20)/t15-/m0/s1. The van der Waals surface area contributed by atoms with Crippen LogP contribution in [-0.2, 0) is 9.59 Å². The van der Waals surface area contributed by atoms with Crippen LogP contribution in [0.15, 0.2) is 0 Å². The molecule has 1 rings (SSSR count). The molecule has 1 aliphatic rings. The molecule has 0 aliphatic heterocycles. The van der Waals surface area contributed by atoms with Gasteiger partial charge in [0.1, 0.15) is 5.78 Å². The largest absolute Gasteiger partial charge is 0.481 e. The van der Waals surface area contributed by atoms with Gasteiger partial charge in [0, 0.05) is 19.3 Å². The van der Waals surface area contributed by atoms with Crippen LogP contribution in [0.4, 0.5) is 0 Å². The Morgan fingerprint density at radius 3 is 1.95 bits per heavy atom. The van der Waals surface area contributed by atoms with Crippen molar-refractivity contribution in [1.29, 1.82) is 0 Å². The molecule has 0 spiro atoms. The third kappa shape index (κ3) is 9.11. The highest BCUT2D eigenvalue weighted by molar-refractivity contribution is 5.79. The fourth-order valence-electron chi connectivity index (χ4n) is 3.12. The predicted octanol–water partition coefficient (Wildman–Crippen LogP) is 4.73. The summed E-state index contributed by atoms with van der Waals surface area (Å²) in [6, 6.07) is 0. The molecule has 0 amide bonds. The molecule has 0 aromatic rings. The number of carboxylic acids is 1. The molecule has 3 nitrogen and oxygen atoms in total. The number of aliphatic carboxylic acids is 1. The van der Waals surface area contributed by atoms with Crippen LogP contribution in [0.3, 0.4) is 0 Å². The fourth-order valence-corrected chi connectivity index (χ4v) is 3.12. The van der Waals surface area contributed by atoms with E-state index in [1.807, 2.05) is 0 Å². The molecular weight excluding hydrogens is 252 g/mol. The van der Waals surface area contributed by atoms with Gasteiger partial charge in [-0.15, -0.1) is 0 Å². The zero-order valence-electron chi connectivity index (χ0n) is 12.7. The van der Waals surface area contributed by atoms with Crippen molar-refractivity contribution in [1.82, 2.24) is 0 Å². The van der Waals surface area contributed by atoms with E-state index < -0.39 is 5.97 Å². The minimum atomic E-state index is -0.763. The number of rotatable bonds is 2. The van der Waals surface area contributed by atoms with E-state index in [1.165, 1.54) is 44.9 Å². The molecule has 1 fully saturated rings. The number of Topliss-reactive ketones (excluding diaryl/α,β-unsaturated/α-hetero) is 1. The molecule has 1 N–H and O–H groups in total. The van der Waals surface area contributed by atoms with Crippen molar-refractivity contribution in [3.63, 3.8) is 0 Å². The Morgan fingerprint density at radius 2 is 1.40 bits per heavy atom. The molecule has 0 bridgehead atoms. The molecule has 1 aliphatic carbocycles. The van der Waals surface area contributed by atoms with Gasteiger partial charge in [0.05, 0.1) is 0 Å². The van der Waals surface area contributed by atoms with Gasteiger partial charge in [-0.05, 0) is 18.8 Å². The maximum atomic E-state index is 11.9. The van der Waals surface area contributed by atoms with Crippen LogP contribution in [0.1, 0.15) is 89.9 Å². The molecular formula is C17H30O3. The highest BCUT2D eigenvalue weighted by Crippen LogP contribution is 2.21. The van der Waals surface area contributed by atoms with Crippen LogP contribution in [0.2, 0.25) is 0 Å². The summed E-state index contributed by atoms with van der Waals surface area (Å²) in [6.45, 7) is 0. The summed E-state index contributed by atoms with van der Waals surface area (Å²) < 4.78 is 0. The molecule has 3 heteroatoms. The third-order valence-electron chi connectivity index (χ3n) is 4.30. The minimum absolute atomic E-state index is 0.0603. The average molecular weight is 282 g/mol. The average Bonchev–Trinajstić information content (AvgIpc) is 2.39. The molecule has 116 valence electrons. The van der Waals surface area contributed by atoms with Crippen LogP contribution in [0.5, 0.6) is 0 Å². The second kappa shape index (κ2) is 10.9. The quantitative estimate of drug-likeness (QED) is 0.796. The number of carbonyl (C=O) groups excluding carboxylic acids is 1. The number of carboxylic acid groups (broad SMARTS) is 1. The van der Waals surface area contributed by atoms with E-state index in [9.17, 15) is 9.59 Å². The first-order chi connectivity index (χ1) is 9.68. The lowest BCUT2D eigenvalue weighted by molar-refractivity contribution is -0.138. The number of ketones is 1. The van der Waals surface area contributed by atoms with Gasteiger partial charge in [0.2, 0.25) is 0 Å². The fraction of sp³-hybridized carbons (Fsp3) is 0.882. The molecule has 0 heterocycles. The first-order valence-electron chi connectivity index (χ1n) is 8.42. The van der Waals surface area contributed by atoms with Gasteiger partial charge in [-0.2, -0.15) is 0 Å². The van der Waals surface area contributed by atoms with Crippen molar-refractivity contribution in [2.45, 2.75) is 89.9 Å². The Balaban J connectivity index is 2.40. The van der Waals surface area contributed by atoms with Gasteiger partial charge in [0.25, 0.3) is 0 Å². The van der Waals surface area contributed by atoms with E-state index in [2.05, 4.69) is 0 Å². The maximum Gasteiger partial charge on any atom is 0.303 e. The van der Waals surface area contributed by atoms with Gasteiger partial charge in [-0.3, -0.25) is 9.59 Å². The Bertz CT molecular complexity index is 286. The lowest BCUT2D eigenvalue weighted by atomic mass is 9.91.